The maximum absolute atomic E-state index is 12.8. The van der Waals surface area contributed by atoms with E-state index < -0.39 is 27.2 Å². The van der Waals surface area contributed by atoms with Gasteiger partial charge in [0.15, 0.2) is 5.78 Å². The average molecular weight is 425 g/mol. The number of halogens is 3. The molecule has 0 amide bonds. The van der Waals surface area contributed by atoms with Gasteiger partial charge in [-0.25, -0.2) is 8.42 Å². The summed E-state index contributed by atoms with van der Waals surface area (Å²) in [5.74, 6) is -1.70. The first-order valence-electron chi connectivity index (χ1n) is 6.59. The van der Waals surface area contributed by atoms with E-state index in [1.807, 2.05) is 0 Å². The lowest BCUT2D eigenvalue weighted by Gasteiger charge is -2.31. The molecule has 0 saturated carbocycles. The van der Waals surface area contributed by atoms with Gasteiger partial charge in [-0.2, -0.15) is 4.72 Å². The summed E-state index contributed by atoms with van der Waals surface area (Å²) in [4.78, 5) is -0.0706. The monoisotopic (exact) mass is 423 g/mol. The van der Waals surface area contributed by atoms with Crippen LogP contribution in [0.1, 0.15) is 13.8 Å². The molecule has 0 unspecified atom stereocenters. The minimum absolute atomic E-state index is 0.0123. The Morgan fingerprint density at radius 1 is 1.13 bits per heavy atom. The first kappa shape index (κ1) is 21.2. The zero-order valence-corrected chi connectivity index (χ0v) is 16.4. The van der Waals surface area contributed by atoms with Crippen molar-refractivity contribution >= 4 is 52.4 Å². The van der Waals surface area contributed by atoms with Crippen LogP contribution in [0.3, 0.4) is 0 Å². The van der Waals surface area contributed by atoms with Crippen LogP contribution in [0.2, 0.25) is 0 Å². The minimum Gasteiger partial charge on any atom is -0.308 e. The van der Waals surface area contributed by atoms with Gasteiger partial charge in [-0.1, -0.05) is 53.0 Å². The SMILES string of the molecule is CCOP(=O)(OCC)[C@H](NS(=O)(=O)c1ccccc1)C(Cl)(Cl)Cl. The first-order chi connectivity index (χ1) is 10.6. The molecule has 1 N–H and O–H groups in total. The van der Waals surface area contributed by atoms with Gasteiger partial charge in [0.05, 0.1) is 18.1 Å². The van der Waals surface area contributed by atoms with E-state index in [2.05, 4.69) is 4.72 Å². The Bertz CT molecular complexity index is 640. The van der Waals surface area contributed by atoms with Crippen molar-refractivity contribution in [2.75, 3.05) is 13.2 Å². The molecule has 0 heterocycles. The van der Waals surface area contributed by atoms with Crippen LogP contribution in [0.4, 0.5) is 0 Å². The van der Waals surface area contributed by atoms with E-state index >= 15 is 0 Å². The van der Waals surface area contributed by atoms with Crippen LogP contribution in [-0.2, 0) is 23.6 Å². The molecule has 0 bridgehead atoms. The largest absolute Gasteiger partial charge is 0.352 e. The Morgan fingerprint density at radius 2 is 1.61 bits per heavy atom. The fraction of sp³-hybridized carbons (Fsp3) is 0.500. The number of hydrogen-bond donors (Lipinski definition) is 1. The van der Waals surface area contributed by atoms with Crippen LogP contribution in [0.15, 0.2) is 35.2 Å². The molecule has 11 heteroatoms. The summed E-state index contributed by atoms with van der Waals surface area (Å²) in [5, 5.41) is 0. The molecule has 1 rings (SSSR count). The number of nitrogens with one attached hydrogen (secondary N) is 1. The molecule has 23 heavy (non-hydrogen) atoms. The number of hydrogen-bond acceptors (Lipinski definition) is 5. The summed E-state index contributed by atoms with van der Waals surface area (Å²) in [6, 6.07) is 7.41. The lowest BCUT2D eigenvalue weighted by molar-refractivity contribution is 0.210. The van der Waals surface area contributed by atoms with Gasteiger partial charge in [0.2, 0.25) is 13.8 Å². The maximum Gasteiger partial charge on any atom is 0.352 e. The summed E-state index contributed by atoms with van der Waals surface area (Å²) in [5.41, 5.74) is 0. The molecular weight excluding hydrogens is 408 g/mol. The Balaban J connectivity index is 3.26. The summed E-state index contributed by atoms with van der Waals surface area (Å²) in [6.07, 6.45) is 0. The minimum atomic E-state index is -4.10. The molecule has 0 aliphatic heterocycles. The lowest BCUT2D eigenvalue weighted by atomic mass is 10.4. The number of rotatable bonds is 8. The topological polar surface area (TPSA) is 81.7 Å². The number of alkyl halides is 3. The van der Waals surface area contributed by atoms with Crippen molar-refractivity contribution in [3.05, 3.63) is 30.3 Å². The quantitative estimate of drug-likeness (QED) is 0.505. The summed E-state index contributed by atoms with van der Waals surface area (Å²) in [6.45, 7) is 3.10. The summed E-state index contributed by atoms with van der Waals surface area (Å²) in [7, 11) is -8.15. The van der Waals surface area contributed by atoms with Gasteiger partial charge in [0.1, 0.15) is 0 Å². The van der Waals surface area contributed by atoms with E-state index in [9.17, 15) is 13.0 Å². The molecule has 0 spiro atoms. The average Bonchev–Trinajstić information content (AvgIpc) is 2.45. The highest BCUT2D eigenvalue weighted by molar-refractivity contribution is 7.89. The van der Waals surface area contributed by atoms with Crippen molar-refractivity contribution < 1.29 is 22.0 Å². The highest BCUT2D eigenvalue weighted by Gasteiger charge is 2.50. The highest BCUT2D eigenvalue weighted by Crippen LogP contribution is 2.59. The van der Waals surface area contributed by atoms with Crippen LogP contribution in [0.5, 0.6) is 0 Å². The second-order valence-electron chi connectivity index (χ2n) is 4.25. The van der Waals surface area contributed by atoms with Gasteiger partial charge in [0, 0.05) is 0 Å². The maximum atomic E-state index is 12.8. The van der Waals surface area contributed by atoms with E-state index in [-0.39, 0.29) is 18.1 Å². The molecule has 0 saturated heterocycles. The van der Waals surface area contributed by atoms with E-state index in [0.29, 0.717) is 0 Å². The Hall–Kier alpha value is 0.150. The third-order valence-electron chi connectivity index (χ3n) is 2.56. The van der Waals surface area contributed by atoms with Crippen molar-refractivity contribution in [2.24, 2.45) is 0 Å². The van der Waals surface area contributed by atoms with Crippen LogP contribution in [-0.4, -0.2) is 31.2 Å². The van der Waals surface area contributed by atoms with Crippen molar-refractivity contribution in [3.63, 3.8) is 0 Å². The second kappa shape index (κ2) is 8.50. The van der Waals surface area contributed by atoms with Crippen LogP contribution in [0.25, 0.3) is 0 Å². The zero-order chi connectivity index (χ0) is 17.7. The summed E-state index contributed by atoms with van der Waals surface area (Å²) >= 11 is 17.5. The predicted octanol–water partition coefficient (Wildman–Crippen LogP) is 3.93. The Morgan fingerprint density at radius 3 is 2.00 bits per heavy atom. The van der Waals surface area contributed by atoms with Crippen LogP contribution < -0.4 is 4.72 Å². The smallest absolute Gasteiger partial charge is 0.308 e. The van der Waals surface area contributed by atoms with Crippen LogP contribution >= 0.6 is 42.4 Å². The molecule has 1 atom stereocenters. The van der Waals surface area contributed by atoms with Crippen molar-refractivity contribution in [1.29, 1.82) is 0 Å². The molecule has 1 aromatic rings. The molecule has 0 radical (unpaired) electrons. The molecular formula is C12H17Cl3NO5PS. The Labute approximate surface area is 151 Å². The molecule has 0 fully saturated rings. The zero-order valence-electron chi connectivity index (χ0n) is 12.4. The highest BCUT2D eigenvalue weighted by atomic mass is 35.6. The number of sulfonamides is 1. The predicted molar refractivity (Wildman–Crippen MR) is 91.7 cm³/mol. The molecule has 0 aromatic heterocycles. The van der Waals surface area contributed by atoms with Crippen molar-refractivity contribution in [3.8, 4) is 0 Å². The van der Waals surface area contributed by atoms with Crippen molar-refractivity contribution in [1.82, 2.24) is 4.72 Å². The van der Waals surface area contributed by atoms with Gasteiger partial charge in [0.25, 0.3) is 0 Å². The molecule has 0 aliphatic carbocycles. The summed E-state index contributed by atoms with van der Waals surface area (Å²) < 4.78 is 47.8. The van der Waals surface area contributed by atoms with E-state index in [1.165, 1.54) is 24.3 Å². The van der Waals surface area contributed by atoms with Gasteiger partial charge in [-0.15, -0.1) is 0 Å². The first-order valence-corrected chi connectivity index (χ1v) is 10.8. The van der Waals surface area contributed by atoms with E-state index in [4.69, 9.17) is 43.9 Å². The molecule has 132 valence electrons. The third kappa shape index (κ3) is 5.87. The van der Waals surface area contributed by atoms with Gasteiger partial charge >= 0.3 is 7.60 Å². The van der Waals surface area contributed by atoms with Gasteiger partial charge in [-0.3, -0.25) is 4.57 Å². The number of benzene rings is 1. The lowest BCUT2D eigenvalue weighted by Crippen LogP contribution is -2.44. The fourth-order valence-corrected chi connectivity index (χ4v) is 6.61. The van der Waals surface area contributed by atoms with E-state index in [0.717, 1.165) is 0 Å². The normalized spacial score (nSPS) is 14.7. The van der Waals surface area contributed by atoms with Gasteiger partial charge < -0.3 is 9.05 Å². The van der Waals surface area contributed by atoms with Crippen molar-refractivity contribution in [2.45, 2.75) is 28.3 Å². The molecule has 6 nitrogen and oxygen atoms in total. The Kier molecular flexibility index (Phi) is 7.83. The molecule has 0 aliphatic rings. The standard InChI is InChI=1S/C12H17Cl3NO5PS/c1-3-20-22(17,21-4-2)11(12(13,14)15)16-23(18,19)10-8-6-5-7-9-10/h5-9,11,16H,3-4H2,1-2H3/t11-/m0/s1. The van der Waals surface area contributed by atoms with E-state index in [1.54, 1.807) is 19.9 Å². The fourth-order valence-electron chi connectivity index (χ4n) is 1.67. The third-order valence-corrected chi connectivity index (χ3v) is 7.67. The van der Waals surface area contributed by atoms with Crippen LogP contribution in [0, 0.1) is 0 Å². The second-order valence-corrected chi connectivity index (χ2v) is 10.4. The molecule has 1 aromatic carbocycles. The van der Waals surface area contributed by atoms with Gasteiger partial charge in [-0.05, 0) is 26.0 Å².